The van der Waals surface area contributed by atoms with Gasteiger partial charge in [-0.05, 0) is 61.4 Å². The summed E-state index contributed by atoms with van der Waals surface area (Å²) in [7, 11) is -3.56. The van der Waals surface area contributed by atoms with E-state index in [-0.39, 0.29) is 10.5 Å². The molecule has 0 radical (unpaired) electrons. The van der Waals surface area contributed by atoms with E-state index in [4.69, 9.17) is 0 Å². The van der Waals surface area contributed by atoms with Gasteiger partial charge in [0.05, 0.1) is 31.9 Å². The summed E-state index contributed by atoms with van der Waals surface area (Å²) >= 11 is 1.17. The molecule has 1 fully saturated rings. The number of sulfonamides is 1. The van der Waals surface area contributed by atoms with Gasteiger partial charge in [-0.15, -0.1) is 0 Å². The maximum absolute atomic E-state index is 13.0. The summed E-state index contributed by atoms with van der Waals surface area (Å²) in [5.74, 6) is -1.35. The van der Waals surface area contributed by atoms with Crippen LogP contribution in [0.15, 0.2) is 71.6 Å². The highest BCUT2D eigenvalue weighted by molar-refractivity contribution is 7.89. The number of nitrogens with one attached hydrogen (secondary N) is 1. The van der Waals surface area contributed by atoms with Crippen molar-refractivity contribution < 1.29 is 22.8 Å². The molecule has 2 aliphatic heterocycles. The van der Waals surface area contributed by atoms with E-state index in [1.54, 1.807) is 54.6 Å². The lowest BCUT2D eigenvalue weighted by atomic mass is 10.1. The number of imide groups is 1. The van der Waals surface area contributed by atoms with Crippen molar-refractivity contribution in [2.45, 2.75) is 17.7 Å². The standard InChI is InChI=1S/C26H20N4O5S2/c31-23(16-6-5-7-17(14-16)30-24(32)19-8-1-2-9-20(19)25(30)33)28-26-27-21-11-10-18(15-22(21)36-26)37(34,35)29-12-3-4-13-29/h1-2,5-11,14-15H,3-4,12-13H2,(H,27,28,31). The lowest BCUT2D eigenvalue weighted by Crippen LogP contribution is -2.29. The summed E-state index contributed by atoms with van der Waals surface area (Å²) in [5.41, 5.74) is 1.75. The zero-order valence-electron chi connectivity index (χ0n) is 19.4. The highest BCUT2D eigenvalue weighted by atomic mass is 32.2. The molecule has 2 aliphatic rings. The van der Waals surface area contributed by atoms with Crippen molar-refractivity contribution in [1.29, 1.82) is 0 Å². The Morgan fingerprint density at radius 1 is 0.892 bits per heavy atom. The molecule has 0 unspecified atom stereocenters. The van der Waals surface area contributed by atoms with Gasteiger partial charge in [-0.1, -0.05) is 29.5 Å². The first-order chi connectivity index (χ1) is 17.8. The Morgan fingerprint density at radius 3 is 2.30 bits per heavy atom. The monoisotopic (exact) mass is 532 g/mol. The van der Waals surface area contributed by atoms with Gasteiger partial charge in [-0.2, -0.15) is 4.31 Å². The van der Waals surface area contributed by atoms with E-state index in [0.717, 1.165) is 17.7 Å². The fourth-order valence-corrected chi connectivity index (χ4v) is 7.09. The maximum atomic E-state index is 13.0. The molecule has 3 aromatic carbocycles. The Bertz CT molecular complexity index is 1670. The maximum Gasteiger partial charge on any atom is 0.266 e. The predicted octanol–water partition coefficient (Wildman–Crippen LogP) is 4.13. The molecule has 4 aromatic rings. The minimum absolute atomic E-state index is 0.206. The first kappa shape index (κ1) is 23.5. The number of aromatic nitrogens is 1. The van der Waals surface area contributed by atoms with Crippen LogP contribution in [0.25, 0.3) is 10.2 Å². The number of carbonyl (C=O) groups is 3. The lowest BCUT2D eigenvalue weighted by Gasteiger charge is -2.15. The molecular formula is C26H20N4O5S2. The number of rotatable bonds is 5. The van der Waals surface area contributed by atoms with Gasteiger partial charge in [0, 0.05) is 18.7 Å². The average Bonchev–Trinajstić information content (AvgIpc) is 3.63. The number of benzene rings is 3. The molecule has 3 heterocycles. The van der Waals surface area contributed by atoms with Crippen molar-refractivity contribution in [2.75, 3.05) is 23.3 Å². The zero-order chi connectivity index (χ0) is 25.7. The molecule has 186 valence electrons. The van der Waals surface area contributed by atoms with Gasteiger partial charge in [0.2, 0.25) is 10.0 Å². The van der Waals surface area contributed by atoms with Crippen LogP contribution in [0.2, 0.25) is 0 Å². The van der Waals surface area contributed by atoms with Crippen LogP contribution >= 0.6 is 11.3 Å². The van der Waals surface area contributed by atoms with E-state index < -0.39 is 27.7 Å². The second kappa shape index (κ2) is 8.87. The number of hydrogen-bond donors (Lipinski definition) is 1. The summed E-state index contributed by atoms with van der Waals surface area (Å²) < 4.78 is 27.9. The normalized spacial score (nSPS) is 15.9. The van der Waals surface area contributed by atoms with E-state index in [9.17, 15) is 22.8 Å². The molecule has 0 bridgehead atoms. The summed E-state index contributed by atoms with van der Waals surface area (Å²) in [6, 6.07) is 17.6. The number of carbonyl (C=O) groups excluding carboxylic acids is 3. The Kier molecular flexibility index (Phi) is 5.63. The van der Waals surface area contributed by atoms with Gasteiger partial charge < -0.3 is 0 Å². The van der Waals surface area contributed by atoms with Crippen LogP contribution in [0.5, 0.6) is 0 Å². The predicted molar refractivity (Wildman–Crippen MR) is 140 cm³/mol. The molecule has 0 saturated carbocycles. The van der Waals surface area contributed by atoms with Crippen molar-refractivity contribution in [3.05, 3.63) is 83.4 Å². The van der Waals surface area contributed by atoms with Crippen LogP contribution in [-0.2, 0) is 10.0 Å². The molecule has 0 spiro atoms. The first-order valence-electron chi connectivity index (χ1n) is 11.6. The van der Waals surface area contributed by atoms with E-state index in [1.165, 1.54) is 27.8 Å². The molecule has 0 atom stereocenters. The topological polar surface area (TPSA) is 117 Å². The van der Waals surface area contributed by atoms with Crippen molar-refractivity contribution in [3.8, 4) is 0 Å². The number of fused-ring (bicyclic) bond motifs is 2. The van der Waals surface area contributed by atoms with E-state index in [0.29, 0.717) is 45.3 Å². The molecule has 9 nitrogen and oxygen atoms in total. The van der Waals surface area contributed by atoms with Crippen LogP contribution in [0.3, 0.4) is 0 Å². The third kappa shape index (κ3) is 4.01. The number of anilines is 2. The largest absolute Gasteiger partial charge is 0.298 e. The Morgan fingerprint density at radius 2 is 1.59 bits per heavy atom. The van der Waals surface area contributed by atoms with Gasteiger partial charge in [0.15, 0.2) is 5.13 Å². The molecule has 37 heavy (non-hydrogen) atoms. The zero-order valence-corrected chi connectivity index (χ0v) is 21.0. The Hall–Kier alpha value is -3.93. The number of hydrogen-bond acceptors (Lipinski definition) is 7. The number of thiazole rings is 1. The second-order valence-corrected chi connectivity index (χ2v) is 11.7. The number of amides is 3. The fraction of sp³-hybridized carbons (Fsp3) is 0.154. The summed E-state index contributed by atoms with van der Waals surface area (Å²) in [4.78, 5) is 44.3. The van der Waals surface area contributed by atoms with Crippen LogP contribution in [0.4, 0.5) is 10.8 Å². The van der Waals surface area contributed by atoms with Gasteiger partial charge in [-0.3, -0.25) is 19.7 Å². The van der Waals surface area contributed by atoms with Crippen molar-refractivity contribution >= 4 is 60.1 Å². The van der Waals surface area contributed by atoms with Crippen LogP contribution < -0.4 is 10.2 Å². The van der Waals surface area contributed by atoms with Gasteiger partial charge in [0.1, 0.15) is 0 Å². The minimum Gasteiger partial charge on any atom is -0.298 e. The quantitative estimate of drug-likeness (QED) is 0.386. The third-order valence-electron chi connectivity index (χ3n) is 6.44. The summed E-state index contributed by atoms with van der Waals surface area (Å²) in [6.07, 6.45) is 1.71. The Balaban J connectivity index is 1.24. The molecule has 1 aromatic heterocycles. The molecule has 0 aliphatic carbocycles. The molecular weight excluding hydrogens is 512 g/mol. The van der Waals surface area contributed by atoms with Gasteiger partial charge >= 0.3 is 0 Å². The lowest BCUT2D eigenvalue weighted by molar-refractivity contribution is 0.0924. The molecule has 11 heteroatoms. The minimum atomic E-state index is -3.56. The molecule has 1 saturated heterocycles. The van der Waals surface area contributed by atoms with Crippen LogP contribution in [0.1, 0.15) is 43.9 Å². The molecule has 3 amide bonds. The average molecular weight is 533 g/mol. The summed E-state index contributed by atoms with van der Waals surface area (Å²) in [5, 5.41) is 3.05. The van der Waals surface area contributed by atoms with E-state index in [1.807, 2.05) is 0 Å². The van der Waals surface area contributed by atoms with Crippen molar-refractivity contribution in [3.63, 3.8) is 0 Å². The van der Waals surface area contributed by atoms with Crippen LogP contribution in [-0.4, -0.2) is 48.5 Å². The van der Waals surface area contributed by atoms with Gasteiger partial charge in [-0.25, -0.2) is 18.3 Å². The number of nitrogens with zero attached hydrogens (tertiary/aromatic N) is 3. The van der Waals surface area contributed by atoms with Crippen molar-refractivity contribution in [2.24, 2.45) is 0 Å². The Labute approximate surface area is 216 Å². The second-order valence-electron chi connectivity index (χ2n) is 8.76. The fourth-order valence-electron chi connectivity index (χ4n) is 4.58. The smallest absolute Gasteiger partial charge is 0.266 e. The highest BCUT2D eigenvalue weighted by Crippen LogP contribution is 2.32. The van der Waals surface area contributed by atoms with E-state index >= 15 is 0 Å². The summed E-state index contributed by atoms with van der Waals surface area (Å²) in [6.45, 7) is 1.04. The molecule has 1 N–H and O–H groups in total. The highest BCUT2D eigenvalue weighted by Gasteiger charge is 2.36. The van der Waals surface area contributed by atoms with Crippen LogP contribution in [0, 0.1) is 0 Å². The van der Waals surface area contributed by atoms with Gasteiger partial charge in [0.25, 0.3) is 17.7 Å². The van der Waals surface area contributed by atoms with Crippen molar-refractivity contribution in [1.82, 2.24) is 9.29 Å². The third-order valence-corrected chi connectivity index (χ3v) is 9.27. The SMILES string of the molecule is O=C(Nc1nc2ccc(S(=O)(=O)N3CCCC3)cc2s1)c1cccc(N2C(=O)c3ccccc3C2=O)c1. The first-order valence-corrected chi connectivity index (χ1v) is 13.9. The van der Waals surface area contributed by atoms with E-state index in [2.05, 4.69) is 10.3 Å². The molecule has 6 rings (SSSR count).